The summed E-state index contributed by atoms with van der Waals surface area (Å²) < 4.78 is 41.8. The summed E-state index contributed by atoms with van der Waals surface area (Å²) in [6, 6.07) is 0.723. The molecule has 0 radical (unpaired) electrons. The van der Waals surface area contributed by atoms with E-state index in [9.17, 15) is 24.4 Å². The minimum Gasteiger partial charge on any atom is -0.493 e. The topological polar surface area (TPSA) is 195 Å². The Hall–Kier alpha value is -4.76. The van der Waals surface area contributed by atoms with Gasteiger partial charge in [0.1, 0.15) is 24.4 Å². The number of hydrogen-bond donors (Lipinski definition) is 2. The number of aryl methyl sites for hydroxylation is 1. The molecule has 2 aromatic carbocycles. The molecule has 2 aromatic rings. The number of nitrogens with one attached hydrogen (secondary N) is 1. The van der Waals surface area contributed by atoms with Crippen molar-refractivity contribution in [3.8, 4) is 34.8 Å². The number of esters is 2. The van der Waals surface area contributed by atoms with Gasteiger partial charge in [-0.05, 0) is 38.4 Å². The van der Waals surface area contributed by atoms with E-state index in [-0.39, 0.29) is 44.2 Å². The number of likely N-dealkylation sites (N-methyl/N-ethyl adjacent to an activating group) is 1. The second-order valence-corrected chi connectivity index (χ2v) is 15.1. The van der Waals surface area contributed by atoms with Crippen LogP contribution >= 0.6 is 11.8 Å². The van der Waals surface area contributed by atoms with E-state index in [1.807, 2.05) is 14.0 Å². The van der Waals surface area contributed by atoms with Gasteiger partial charge < -0.3 is 43.6 Å². The first-order chi connectivity index (χ1) is 25.9. The van der Waals surface area contributed by atoms with E-state index in [0.717, 1.165) is 16.7 Å². The molecular formula is C37H42N4O12S. The number of carboxylic acid groups (broad SMARTS) is 1. The van der Waals surface area contributed by atoms with Crippen LogP contribution < -0.4 is 29.0 Å². The molecule has 17 heteroatoms. The van der Waals surface area contributed by atoms with Crippen LogP contribution in [0.1, 0.15) is 70.5 Å². The standard InChI is InChI=1S/C37H42N4O12S/c1-16-9-19-10-21-22(11-38)41-23-12-49-37(46)20(39-24(43)7-8-25(44)45)13-54-36(28-27(23)35-33(51-15-52-35)17(2)32(28)53-18(3)42)30(41)29(40(21)4)26(19)34(31(16)48-6)50-14-47-5/h9,20-23,29-30,36H,7-8,10,12-15H2,1-6H3,(H,39,43)(H,44,45)/t20-,21+,22-,23+,29+,30?,36+/m0/s1. The average Bonchev–Trinajstić information content (AvgIpc) is 3.62. The lowest BCUT2D eigenvalue weighted by atomic mass is 9.71. The maximum Gasteiger partial charge on any atom is 0.329 e. The van der Waals surface area contributed by atoms with Crippen LogP contribution in [-0.2, 0) is 35.1 Å². The highest BCUT2D eigenvalue weighted by Gasteiger charge is 2.61. The highest BCUT2D eigenvalue weighted by atomic mass is 32.2. The molecule has 0 aliphatic carbocycles. The highest BCUT2D eigenvalue weighted by Crippen LogP contribution is 2.64. The summed E-state index contributed by atoms with van der Waals surface area (Å²) in [7, 11) is 5.09. The van der Waals surface area contributed by atoms with Crippen LogP contribution in [0.5, 0.6) is 28.7 Å². The van der Waals surface area contributed by atoms with Gasteiger partial charge in [-0.1, -0.05) is 6.07 Å². The van der Waals surface area contributed by atoms with E-state index in [4.69, 9.17) is 38.3 Å². The van der Waals surface area contributed by atoms with Gasteiger partial charge >= 0.3 is 17.9 Å². The van der Waals surface area contributed by atoms with Crippen molar-refractivity contribution in [2.24, 2.45) is 0 Å². The van der Waals surface area contributed by atoms with Crippen LogP contribution in [-0.4, -0.2) is 110 Å². The third-order valence-electron chi connectivity index (χ3n) is 10.9. The smallest absolute Gasteiger partial charge is 0.329 e. The van der Waals surface area contributed by atoms with Crippen molar-refractivity contribution in [1.82, 2.24) is 15.1 Å². The van der Waals surface area contributed by atoms with E-state index in [1.54, 1.807) is 14.0 Å². The summed E-state index contributed by atoms with van der Waals surface area (Å²) in [5.41, 5.74) is 4.47. The molecule has 1 unspecified atom stereocenters. The Labute approximate surface area is 315 Å². The monoisotopic (exact) mass is 766 g/mol. The first-order valence-electron chi connectivity index (χ1n) is 17.6. The summed E-state index contributed by atoms with van der Waals surface area (Å²) in [5, 5.41) is 22.3. The summed E-state index contributed by atoms with van der Waals surface area (Å²) >= 11 is 1.34. The quantitative estimate of drug-likeness (QED) is 0.215. The summed E-state index contributed by atoms with van der Waals surface area (Å²) in [6.45, 7) is 4.64. The largest absolute Gasteiger partial charge is 0.493 e. The fraction of sp³-hybridized carbons (Fsp3) is 0.541. The zero-order valence-electron chi connectivity index (χ0n) is 30.8. The molecular weight excluding hydrogens is 724 g/mol. The van der Waals surface area contributed by atoms with Crippen LogP contribution in [0.2, 0.25) is 0 Å². The number of thioether (sulfide) groups is 1. The summed E-state index contributed by atoms with van der Waals surface area (Å²) in [5.74, 6) is -0.871. The first-order valence-corrected chi connectivity index (χ1v) is 18.6. The van der Waals surface area contributed by atoms with Crippen molar-refractivity contribution >= 4 is 35.6 Å². The van der Waals surface area contributed by atoms with Crippen molar-refractivity contribution in [2.45, 2.75) is 81.5 Å². The number of carbonyl (C=O) groups excluding carboxylic acids is 3. The number of amides is 1. The van der Waals surface area contributed by atoms with Crippen LogP contribution in [0.3, 0.4) is 0 Å². The van der Waals surface area contributed by atoms with E-state index >= 15 is 0 Å². The second-order valence-electron chi connectivity index (χ2n) is 13.9. The molecule has 2 fully saturated rings. The Kier molecular flexibility index (Phi) is 10.3. The average molecular weight is 767 g/mol. The molecule has 54 heavy (non-hydrogen) atoms. The zero-order chi connectivity index (χ0) is 38.6. The van der Waals surface area contributed by atoms with Gasteiger partial charge in [-0.15, -0.1) is 11.8 Å². The molecule has 0 saturated carbocycles. The number of ether oxygens (including phenoxy) is 7. The number of hydrogen-bond acceptors (Lipinski definition) is 15. The number of piperazine rings is 1. The third-order valence-corrected chi connectivity index (χ3v) is 12.3. The summed E-state index contributed by atoms with van der Waals surface area (Å²) in [6.07, 6.45) is -0.229. The molecule has 7 atom stereocenters. The molecule has 0 spiro atoms. The van der Waals surface area contributed by atoms with E-state index in [0.29, 0.717) is 46.1 Å². The molecule has 7 rings (SSSR count). The zero-order valence-corrected chi connectivity index (χ0v) is 31.6. The third kappa shape index (κ3) is 6.14. The Bertz CT molecular complexity index is 1950. The second kappa shape index (κ2) is 14.8. The number of rotatable bonds is 9. The maximum absolute atomic E-state index is 13.7. The minimum absolute atomic E-state index is 0.00203. The van der Waals surface area contributed by atoms with Crippen molar-refractivity contribution in [1.29, 1.82) is 5.26 Å². The number of cyclic esters (lactones) is 1. The molecule has 0 aromatic heterocycles. The molecule has 1 amide bonds. The number of nitriles is 1. The number of benzene rings is 2. The van der Waals surface area contributed by atoms with Crippen molar-refractivity contribution in [2.75, 3.05) is 47.2 Å². The molecule has 16 nitrogen and oxygen atoms in total. The lowest BCUT2D eigenvalue weighted by molar-refractivity contribution is -0.152. The van der Waals surface area contributed by atoms with Crippen LogP contribution in [0.15, 0.2) is 6.07 Å². The van der Waals surface area contributed by atoms with Gasteiger partial charge in [-0.2, -0.15) is 5.26 Å². The Morgan fingerprint density at radius 1 is 1.07 bits per heavy atom. The van der Waals surface area contributed by atoms with Gasteiger partial charge in [-0.25, -0.2) is 4.79 Å². The fourth-order valence-electron chi connectivity index (χ4n) is 8.79. The SMILES string of the molecule is COCOc1c(OC)c(C)cc2c1[C@@H]1C3[C@@H]4SC[C@H](NC(=O)CCC(=O)O)C(=O)OC[C@H](c5c6c(c(C)c(OC(C)=O)c54)OCO6)N3[C@@H](C#N)[C@@H](C2)N1C. The van der Waals surface area contributed by atoms with Gasteiger partial charge in [0, 0.05) is 60.5 Å². The molecule has 5 heterocycles. The van der Waals surface area contributed by atoms with Crippen LogP contribution in [0, 0.1) is 25.2 Å². The Morgan fingerprint density at radius 3 is 2.52 bits per heavy atom. The predicted octanol–water partition coefficient (Wildman–Crippen LogP) is 2.86. The molecule has 5 aliphatic heterocycles. The maximum atomic E-state index is 13.7. The van der Waals surface area contributed by atoms with Crippen molar-refractivity contribution in [3.05, 3.63) is 39.4 Å². The van der Waals surface area contributed by atoms with Crippen LogP contribution in [0.25, 0.3) is 0 Å². The van der Waals surface area contributed by atoms with Gasteiger partial charge in [0.25, 0.3) is 0 Å². The van der Waals surface area contributed by atoms with Crippen molar-refractivity contribution in [3.63, 3.8) is 0 Å². The van der Waals surface area contributed by atoms with Gasteiger partial charge in [-0.3, -0.25) is 24.2 Å². The Morgan fingerprint density at radius 2 is 1.83 bits per heavy atom. The van der Waals surface area contributed by atoms with E-state index < -0.39 is 65.7 Å². The number of aliphatic carboxylic acids is 1. The number of carbonyl (C=O) groups is 4. The number of carboxylic acids is 1. The molecule has 4 bridgehead atoms. The van der Waals surface area contributed by atoms with E-state index in [2.05, 4.69) is 27.3 Å². The summed E-state index contributed by atoms with van der Waals surface area (Å²) in [4.78, 5) is 55.0. The molecule has 2 N–H and O–H groups in total. The highest BCUT2D eigenvalue weighted by molar-refractivity contribution is 7.99. The van der Waals surface area contributed by atoms with Crippen molar-refractivity contribution < 1.29 is 57.4 Å². The minimum atomic E-state index is -1.14. The number of fused-ring (bicyclic) bond motifs is 9. The van der Waals surface area contributed by atoms with E-state index in [1.165, 1.54) is 25.8 Å². The van der Waals surface area contributed by atoms with Gasteiger partial charge in [0.2, 0.25) is 12.7 Å². The Balaban J connectivity index is 1.48. The molecule has 2 saturated heterocycles. The van der Waals surface area contributed by atoms with Crippen LogP contribution in [0.4, 0.5) is 0 Å². The fourth-order valence-corrected chi connectivity index (χ4v) is 10.3. The normalized spacial score (nSPS) is 26.7. The lowest BCUT2D eigenvalue weighted by Gasteiger charge is -2.61. The molecule has 5 aliphatic rings. The van der Waals surface area contributed by atoms with Gasteiger partial charge in [0.15, 0.2) is 29.8 Å². The lowest BCUT2D eigenvalue weighted by Crippen LogP contribution is -2.69. The first kappa shape index (κ1) is 37.6. The predicted molar refractivity (Wildman–Crippen MR) is 190 cm³/mol. The molecule has 288 valence electrons. The number of methoxy groups -OCH3 is 2. The van der Waals surface area contributed by atoms with Gasteiger partial charge in [0.05, 0.1) is 36.9 Å². The number of nitrogens with zero attached hydrogens (tertiary/aromatic N) is 3.